The number of aliphatic hydroxyl groups excluding tert-OH is 1. The number of rotatable bonds is 5. The number of imidazole rings is 1. The SMILES string of the molecule is O=Cc1c(N2CCCC2CCCO)nc2sccn12. The second-order valence-corrected chi connectivity index (χ2v) is 5.72. The van der Waals surface area contributed by atoms with Crippen molar-refractivity contribution in [3.05, 3.63) is 17.3 Å². The number of aldehydes is 1. The van der Waals surface area contributed by atoms with E-state index in [-0.39, 0.29) is 6.61 Å². The van der Waals surface area contributed by atoms with E-state index in [2.05, 4.69) is 9.88 Å². The van der Waals surface area contributed by atoms with Gasteiger partial charge in [0.15, 0.2) is 17.1 Å². The largest absolute Gasteiger partial charge is 0.396 e. The molecule has 2 aromatic rings. The molecule has 0 saturated carbocycles. The molecule has 0 radical (unpaired) electrons. The molecule has 2 aromatic heterocycles. The predicted molar refractivity (Wildman–Crippen MR) is 75.1 cm³/mol. The molecule has 1 atom stereocenters. The molecule has 0 aliphatic carbocycles. The van der Waals surface area contributed by atoms with Crippen LogP contribution in [0, 0.1) is 0 Å². The number of carbonyl (C=O) groups excluding carboxylic acids is 1. The Morgan fingerprint density at radius 3 is 3.26 bits per heavy atom. The van der Waals surface area contributed by atoms with Crippen LogP contribution in [-0.2, 0) is 0 Å². The molecule has 1 fully saturated rings. The van der Waals surface area contributed by atoms with Gasteiger partial charge in [0.05, 0.1) is 0 Å². The van der Waals surface area contributed by atoms with Gasteiger partial charge in [0, 0.05) is 30.8 Å². The minimum absolute atomic E-state index is 0.225. The highest BCUT2D eigenvalue weighted by atomic mass is 32.1. The van der Waals surface area contributed by atoms with Gasteiger partial charge in [0.2, 0.25) is 0 Å². The Hall–Kier alpha value is -1.40. The van der Waals surface area contributed by atoms with E-state index in [0.717, 1.165) is 49.3 Å². The van der Waals surface area contributed by atoms with Crippen LogP contribution in [0.3, 0.4) is 0 Å². The highest BCUT2D eigenvalue weighted by molar-refractivity contribution is 7.15. The van der Waals surface area contributed by atoms with Crippen molar-refractivity contribution in [3.63, 3.8) is 0 Å². The van der Waals surface area contributed by atoms with E-state index in [0.29, 0.717) is 11.7 Å². The highest BCUT2D eigenvalue weighted by Crippen LogP contribution is 2.31. The average molecular weight is 279 g/mol. The van der Waals surface area contributed by atoms with Crippen LogP contribution in [0.1, 0.15) is 36.2 Å². The van der Waals surface area contributed by atoms with Crippen LogP contribution in [0.15, 0.2) is 11.6 Å². The van der Waals surface area contributed by atoms with Crippen molar-refractivity contribution in [3.8, 4) is 0 Å². The molecule has 1 saturated heterocycles. The van der Waals surface area contributed by atoms with E-state index in [4.69, 9.17) is 5.11 Å². The zero-order chi connectivity index (χ0) is 13.2. The number of nitrogens with zero attached hydrogens (tertiary/aromatic N) is 3. The molecular weight excluding hydrogens is 262 g/mol. The molecule has 1 aliphatic rings. The molecule has 102 valence electrons. The normalized spacial score (nSPS) is 19.4. The Morgan fingerprint density at radius 1 is 1.58 bits per heavy atom. The van der Waals surface area contributed by atoms with Crippen LogP contribution in [0.4, 0.5) is 5.82 Å². The van der Waals surface area contributed by atoms with Gasteiger partial charge in [-0.15, -0.1) is 11.3 Å². The number of aliphatic hydroxyl groups is 1. The Balaban J connectivity index is 1.93. The molecule has 6 heteroatoms. The summed E-state index contributed by atoms with van der Waals surface area (Å²) in [5.74, 6) is 0.808. The third-order valence-electron chi connectivity index (χ3n) is 3.74. The van der Waals surface area contributed by atoms with Crippen molar-refractivity contribution < 1.29 is 9.90 Å². The molecule has 3 heterocycles. The van der Waals surface area contributed by atoms with Crippen molar-refractivity contribution in [1.82, 2.24) is 9.38 Å². The fourth-order valence-electron chi connectivity index (χ4n) is 2.85. The topological polar surface area (TPSA) is 57.8 Å². The first-order chi connectivity index (χ1) is 9.35. The number of hydrogen-bond acceptors (Lipinski definition) is 5. The highest BCUT2D eigenvalue weighted by Gasteiger charge is 2.29. The summed E-state index contributed by atoms with van der Waals surface area (Å²) >= 11 is 1.54. The first-order valence-electron chi connectivity index (χ1n) is 6.63. The zero-order valence-corrected chi connectivity index (χ0v) is 11.5. The number of hydrogen-bond donors (Lipinski definition) is 1. The molecule has 0 amide bonds. The summed E-state index contributed by atoms with van der Waals surface area (Å²) in [6.45, 7) is 1.17. The molecule has 1 aliphatic heterocycles. The van der Waals surface area contributed by atoms with Gasteiger partial charge in [-0.05, 0) is 25.7 Å². The molecule has 19 heavy (non-hydrogen) atoms. The monoisotopic (exact) mass is 279 g/mol. The van der Waals surface area contributed by atoms with Gasteiger partial charge in [-0.3, -0.25) is 9.20 Å². The van der Waals surface area contributed by atoms with Crippen LogP contribution >= 0.6 is 11.3 Å². The first kappa shape index (κ1) is 12.6. The van der Waals surface area contributed by atoms with Gasteiger partial charge in [-0.1, -0.05) is 0 Å². The quantitative estimate of drug-likeness (QED) is 0.850. The van der Waals surface area contributed by atoms with Crippen molar-refractivity contribution in [2.75, 3.05) is 18.1 Å². The molecule has 0 bridgehead atoms. The number of thiazole rings is 1. The second-order valence-electron chi connectivity index (χ2n) is 4.85. The average Bonchev–Trinajstić information content (AvgIpc) is 3.10. The number of carbonyl (C=O) groups is 1. The first-order valence-corrected chi connectivity index (χ1v) is 7.51. The molecule has 0 spiro atoms. The lowest BCUT2D eigenvalue weighted by Gasteiger charge is -2.24. The van der Waals surface area contributed by atoms with Gasteiger partial charge < -0.3 is 10.0 Å². The van der Waals surface area contributed by atoms with Gasteiger partial charge in [0.1, 0.15) is 5.69 Å². The standard InChI is InChI=1S/C13H17N3O2S/c17-7-2-4-10-3-1-5-15(10)12-11(9-18)16-6-8-19-13(16)14-12/h6,8-10,17H,1-5,7H2. The molecule has 3 rings (SSSR count). The fraction of sp³-hybridized carbons (Fsp3) is 0.538. The maximum absolute atomic E-state index is 11.4. The van der Waals surface area contributed by atoms with Gasteiger partial charge in [0.25, 0.3) is 0 Å². The van der Waals surface area contributed by atoms with E-state index in [9.17, 15) is 4.79 Å². The molecule has 0 aromatic carbocycles. The lowest BCUT2D eigenvalue weighted by atomic mass is 10.1. The summed E-state index contributed by atoms with van der Waals surface area (Å²) in [7, 11) is 0. The third-order valence-corrected chi connectivity index (χ3v) is 4.49. The van der Waals surface area contributed by atoms with E-state index < -0.39 is 0 Å². The molecular formula is C13H17N3O2S. The van der Waals surface area contributed by atoms with Crippen LogP contribution in [0.5, 0.6) is 0 Å². The van der Waals surface area contributed by atoms with Crippen molar-refractivity contribution in [2.24, 2.45) is 0 Å². The summed E-state index contributed by atoms with van der Waals surface area (Å²) in [6.07, 6.45) is 6.78. The van der Waals surface area contributed by atoms with Gasteiger partial charge >= 0.3 is 0 Å². The Labute approximate surface area is 115 Å². The number of aromatic nitrogens is 2. The Morgan fingerprint density at radius 2 is 2.47 bits per heavy atom. The maximum Gasteiger partial charge on any atom is 0.196 e. The summed E-state index contributed by atoms with van der Waals surface area (Å²) in [5.41, 5.74) is 0.646. The summed E-state index contributed by atoms with van der Waals surface area (Å²) < 4.78 is 1.86. The second kappa shape index (κ2) is 5.30. The summed E-state index contributed by atoms with van der Waals surface area (Å²) in [5, 5.41) is 10.9. The van der Waals surface area contributed by atoms with Crippen LogP contribution < -0.4 is 4.90 Å². The van der Waals surface area contributed by atoms with E-state index >= 15 is 0 Å². The minimum Gasteiger partial charge on any atom is -0.396 e. The number of fused-ring (bicyclic) bond motifs is 1. The van der Waals surface area contributed by atoms with Crippen LogP contribution in [0.25, 0.3) is 4.96 Å². The molecule has 1 unspecified atom stereocenters. The summed E-state index contributed by atoms with van der Waals surface area (Å²) in [4.78, 5) is 19.1. The lowest BCUT2D eigenvalue weighted by molar-refractivity contribution is 0.111. The zero-order valence-electron chi connectivity index (χ0n) is 10.7. The van der Waals surface area contributed by atoms with Crippen LogP contribution in [0.2, 0.25) is 0 Å². The van der Waals surface area contributed by atoms with Crippen molar-refractivity contribution in [1.29, 1.82) is 0 Å². The van der Waals surface area contributed by atoms with Gasteiger partial charge in [-0.25, -0.2) is 4.98 Å². The van der Waals surface area contributed by atoms with Gasteiger partial charge in [-0.2, -0.15) is 0 Å². The van der Waals surface area contributed by atoms with Crippen LogP contribution in [-0.4, -0.2) is 40.0 Å². The Kier molecular flexibility index (Phi) is 3.52. The van der Waals surface area contributed by atoms with Crippen molar-refractivity contribution >= 4 is 28.4 Å². The smallest absolute Gasteiger partial charge is 0.196 e. The van der Waals surface area contributed by atoms with Crippen molar-refractivity contribution in [2.45, 2.75) is 31.7 Å². The Bertz CT molecular complexity index is 577. The van der Waals surface area contributed by atoms with E-state index in [1.54, 1.807) is 11.3 Å². The third kappa shape index (κ3) is 2.15. The fourth-order valence-corrected chi connectivity index (χ4v) is 3.57. The lowest BCUT2D eigenvalue weighted by Crippen LogP contribution is -2.30. The minimum atomic E-state index is 0.225. The summed E-state index contributed by atoms with van der Waals surface area (Å²) in [6, 6.07) is 0.399. The molecule has 5 nitrogen and oxygen atoms in total. The predicted octanol–water partition coefficient (Wildman–Crippen LogP) is 1.95. The van der Waals surface area contributed by atoms with E-state index in [1.165, 1.54) is 0 Å². The number of anilines is 1. The maximum atomic E-state index is 11.4. The molecule has 1 N–H and O–H groups in total. The van der Waals surface area contributed by atoms with E-state index in [1.807, 2.05) is 16.0 Å².